The zero-order valence-corrected chi connectivity index (χ0v) is 20.1. The Hall–Kier alpha value is -4.50. The van der Waals surface area contributed by atoms with Crippen LogP contribution < -0.4 is 16.2 Å². The molecule has 0 unspecified atom stereocenters. The SMILES string of the molecule is CC1(Cc2ccc3ccccc3c2)c2cc3cc(N)ccc3cc2Oc2cc3ccc(N)cc3cc21. The Kier molecular flexibility index (Phi) is 4.34. The van der Waals surface area contributed by atoms with E-state index in [-0.39, 0.29) is 5.41 Å². The van der Waals surface area contributed by atoms with E-state index in [4.69, 9.17) is 16.2 Å². The van der Waals surface area contributed by atoms with E-state index in [1.54, 1.807) is 0 Å². The van der Waals surface area contributed by atoms with Crippen LogP contribution in [-0.4, -0.2) is 0 Å². The van der Waals surface area contributed by atoms with Gasteiger partial charge in [0.15, 0.2) is 0 Å². The lowest BCUT2D eigenvalue weighted by Gasteiger charge is -2.38. The summed E-state index contributed by atoms with van der Waals surface area (Å²) in [5.74, 6) is 1.80. The third kappa shape index (κ3) is 3.20. The topological polar surface area (TPSA) is 61.3 Å². The number of hydrogen-bond donors (Lipinski definition) is 2. The Labute approximate surface area is 209 Å². The van der Waals surface area contributed by atoms with E-state index >= 15 is 0 Å². The van der Waals surface area contributed by atoms with Crippen LogP contribution in [0.1, 0.15) is 23.6 Å². The number of fused-ring (bicyclic) bond motifs is 5. The standard InChI is InChI=1S/C33H26N2O/c1-33(19-20-6-7-21-4-2-3-5-22(21)12-20)29-15-25-13-27(34)10-8-23(25)17-31(29)36-32-18-24-9-11-28(35)14-26(24)16-30(32)33/h2-18H,19,34-35H2,1H3. The monoisotopic (exact) mass is 466 g/mol. The second kappa shape index (κ2) is 7.50. The van der Waals surface area contributed by atoms with Crippen LogP contribution in [0.2, 0.25) is 0 Å². The molecule has 0 saturated carbocycles. The number of hydrogen-bond acceptors (Lipinski definition) is 3. The van der Waals surface area contributed by atoms with Crippen molar-refractivity contribution in [1.82, 2.24) is 0 Å². The molecule has 6 aromatic rings. The molecule has 1 aliphatic heterocycles. The first-order valence-electron chi connectivity index (χ1n) is 12.3. The molecule has 0 aromatic heterocycles. The molecule has 0 aliphatic carbocycles. The highest BCUT2D eigenvalue weighted by atomic mass is 16.5. The van der Waals surface area contributed by atoms with Crippen LogP contribution in [0, 0.1) is 0 Å². The van der Waals surface area contributed by atoms with E-state index in [1.807, 2.05) is 24.3 Å². The summed E-state index contributed by atoms with van der Waals surface area (Å²) in [6.07, 6.45) is 0.836. The molecule has 7 rings (SSSR count). The van der Waals surface area contributed by atoms with Gasteiger partial charge in [-0.3, -0.25) is 0 Å². The maximum absolute atomic E-state index is 6.60. The summed E-state index contributed by atoms with van der Waals surface area (Å²) in [5.41, 5.74) is 17.1. The normalized spacial score (nSPS) is 13.9. The van der Waals surface area contributed by atoms with Crippen LogP contribution in [0.5, 0.6) is 11.5 Å². The van der Waals surface area contributed by atoms with Crippen molar-refractivity contribution < 1.29 is 4.74 Å². The number of benzene rings is 6. The summed E-state index contributed by atoms with van der Waals surface area (Å²) in [5, 5.41) is 6.98. The number of nitrogens with two attached hydrogens (primary N) is 2. The summed E-state index contributed by atoms with van der Waals surface area (Å²) in [7, 11) is 0. The Morgan fingerprint density at radius 1 is 0.556 bits per heavy atom. The minimum Gasteiger partial charge on any atom is -0.457 e. The van der Waals surface area contributed by atoms with Gasteiger partial charge in [-0.25, -0.2) is 0 Å². The van der Waals surface area contributed by atoms with E-state index in [9.17, 15) is 0 Å². The maximum Gasteiger partial charge on any atom is 0.132 e. The van der Waals surface area contributed by atoms with Crippen LogP contribution in [0.4, 0.5) is 11.4 Å². The van der Waals surface area contributed by atoms with Crippen molar-refractivity contribution in [1.29, 1.82) is 0 Å². The van der Waals surface area contributed by atoms with E-state index in [0.29, 0.717) is 0 Å². The van der Waals surface area contributed by atoms with Gasteiger partial charge in [0.05, 0.1) is 0 Å². The Bertz CT molecular complexity index is 1740. The number of anilines is 2. The molecule has 0 amide bonds. The minimum absolute atomic E-state index is 0.317. The first kappa shape index (κ1) is 20.8. The van der Waals surface area contributed by atoms with Crippen molar-refractivity contribution in [3.05, 3.63) is 120 Å². The van der Waals surface area contributed by atoms with E-state index < -0.39 is 0 Å². The van der Waals surface area contributed by atoms with Gasteiger partial charge in [0.25, 0.3) is 0 Å². The summed E-state index contributed by atoms with van der Waals surface area (Å²) >= 11 is 0. The molecule has 1 aliphatic rings. The second-order valence-electron chi connectivity index (χ2n) is 10.2. The van der Waals surface area contributed by atoms with Gasteiger partial charge in [-0.15, -0.1) is 0 Å². The lowest BCUT2D eigenvalue weighted by Crippen LogP contribution is -2.30. The summed E-state index contributed by atoms with van der Waals surface area (Å²) in [6, 6.07) is 36.2. The Morgan fingerprint density at radius 2 is 1.08 bits per heavy atom. The van der Waals surface area contributed by atoms with Crippen LogP contribution in [0.15, 0.2) is 103 Å². The molecule has 0 atom stereocenters. The van der Waals surface area contributed by atoms with Crippen LogP contribution in [-0.2, 0) is 11.8 Å². The van der Waals surface area contributed by atoms with Gasteiger partial charge in [0, 0.05) is 27.9 Å². The summed E-state index contributed by atoms with van der Waals surface area (Å²) in [6.45, 7) is 2.33. The molecule has 3 heteroatoms. The van der Waals surface area contributed by atoms with Crippen molar-refractivity contribution in [2.24, 2.45) is 0 Å². The molecule has 174 valence electrons. The van der Waals surface area contributed by atoms with Gasteiger partial charge >= 0.3 is 0 Å². The first-order chi connectivity index (χ1) is 17.5. The van der Waals surface area contributed by atoms with E-state index in [1.165, 1.54) is 27.5 Å². The molecule has 1 heterocycles. The fraction of sp³-hybridized carbons (Fsp3) is 0.0909. The molecule has 0 fully saturated rings. The predicted molar refractivity (Wildman–Crippen MR) is 151 cm³/mol. The van der Waals surface area contributed by atoms with Crippen molar-refractivity contribution in [2.45, 2.75) is 18.8 Å². The zero-order chi connectivity index (χ0) is 24.4. The van der Waals surface area contributed by atoms with Crippen LogP contribution in [0.25, 0.3) is 32.3 Å². The van der Waals surface area contributed by atoms with Crippen molar-refractivity contribution in [2.75, 3.05) is 11.5 Å². The second-order valence-corrected chi connectivity index (χ2v) is 10.2. The fourth-order valence-electron chi connectivity index (χ4n) is 5.83. The lowest BCUT2D eigenvalue weighted by atomic mass is 9.69. The van der Waals surface area contributed by atoms with Crippen molar-refractivity contribution >= 4 is 43.7 Å². The van der Waals surface area contributed by atoms with Gasteiger partial charge < -0.3 is 16.2 Å². The number of rotatable bonds is 2. The molecule has 4 N–H and O–H groups in total. The predicted octanol–water partition coefficient (Wildman–Crippen LogP) is 7.97. The van der Waals surface area contributed by atoms with Gasteiger partial charge in [-0.2, -0.15) is 0 Å². The summed E-state index contributed by atoms with van der Waals surface area (Å²) < 4.78 is 6.60. The average Bonchev–Trinajstić information content (AvgIpc) is 2.87. The van der Waals surface area contributed by atoms with Crippen LogP contribution >= 0.6 is 0 Å². The Balaban J connectivity index is 1.48. The van der Waals surface area contributed by atoms with Gasteiger partial charge in [-0.05, 0) is 92.8 Å². The van der Waals surface area contributed by atoms with E-state index in [2.05, 4.69) is 85.8 Å². The highest BCUT2D eigenvalue weighted by Gasteiger charge is 2.39. The summed E-state index contributed by atoms with van der Waals surface area (Å²) in [4.78, 5) is 0. The minimum atomic E-state index is -0.317. The third-order valence-electron chi connectivity index (χ3n) is 7.71. The smallest absolute Gasteiger partial charge is 0.132 e. The van der Waals surface area contributed by atoms with Gasteiger partial charge in [-0.1, -0.05) is 61.5 Å². The average molecular weight is 467 g/mol. The molecule has 0 radical (unpaired) electrons. The fourth-order valence-corrected chi connectivity index (χ4v) is 5.83. The van der Waals surface area contributed by atoms with Crippen LogP contribution in [0.3, 0.4) is 0 Å². The molecule has 0 saturated heterocycles. The molecule has 3 nitrogen and oxygen atoms in total. The highest BCUT2D eigenvalue weighted by molar-refractivity contribution is 5.91. The zero-order valence-electron chi connectivity index (χ0n) is 20.1. The molecule has 6 aromatic carbocycles. The van der Waals surface area contributed by atoms with Crippen molar-refractivity contribution in [3.8, 4) is 11.5 Å². The molecular formula is C33H26N2O. The number of nitrogen functional groups attached to an aromatic ring is 2. The van der Waals surface area contributed by atoms with E-state index in [0.717, 1.165) is 50.8 Å². The molecule has 36 heavy (non-hydrogen) atoms. The first-order valence-corrected chi connectivity index (χ1v) is 12.3. The van der Waals surface area contributed by atoms with Crippen molar-refractivity contribution in [3.63, 3.8) is 0 Å². The van der Waals surface area contributed by atoms with Gasteiger partial charge in [0.2, 0.25) is 0 Å². The number of ether oxygens (including phenoxy) is 1. The van der Waals surface area contributed by atoms with Gasteiger partial charge in [0.1, 0.15) is 11.5 Å². The third-order valence-corrected chi connectivity index (χ3v) is 7.71. The maximum atomic E-state index is 6.60. The quantitative estimate of drug-likeness (QED) is 0.254. The Morgan fingerprint density at radius 3 is 1.69 bits per heavy atom. The molecular weight excluding hydrogens is 440 g/mol. The largest absolute Gasteiger partial charge is 0.457 e. The molecule has 0 spiro atoms. The lowest BCUT2D eigenvalue weighted by molar-refractivity contribution is 0.405. The molecule has 0 bridgehead atoms. The highest BCUT2D eigenvalue weighted by Crippen LogP contribution is 2.52.